The topological polar surface area (TPSA) is 36.1 Å². The Labute approximate surface area is 130 Å². The van der Waals surface area contributed by atoms with E-state index in [1.807, 2.05) is 0 Å². The average molecular weight is 292 g/mol. The Morgan fingerprint density at radius 1 is 1.32 bits per heavy atom. The summed E-state index contributed by atoms with van der Waals surface area (Å²) in [5.74, 6) is 1.07. The van der Waals surface area contributed by atoms with Crippen molar-refractivity contribution >= 4 is 16.8 Å². The maximum atomic E-state index is 12.8. The van der Waals surface area contributed by atoms with Gasteiger partial charge < -0.3 is 9.88 Å². The number of fused-ring (bicyclic) bond motifs is 7. The van der Waals surface area contributed by atoms with E-state index in [-0.39, 0.29) is 11.5 Å². The molecule has 5 rings (SSSR count). The third kappa shape index (κ3) is 1.23. The van der Waals surface area contributed by atoms with Crippen molar-refractivity contribution in [1.82, 2.24) is 9.88 Å². The van der Waals surface area contributed by atoms with E-state index in [9.17, 15) is 4.79 Å². The number of hydrogen-bond acceptors (Lipinski definition) is 1. The van der Waals surface area contributed by atoms with Crippen molar-refractivity contribution in [3.05, 3.63) is 47.7 Å². The van der Waals surface area contributed by atoms with Crippen LogP contribution in [0.15, 0.2) is 36.4 Å². The van der Waals surface area contributed by atoms with Crippen LogP contribution >= 0.6 is 0 Å². The second-order valence-corrected chi connectivity index (χ2v) is 6.88. The molecule has 3 nitrogen and oxygen atoms in total. The summed E-state index contributed by atoms with van der Waals surface area (Å²) < 4.78 is 0. The van der Waals surface area contributed by atoms with Gasteiger partial charge in [-0.05, 0) is 37.8 Å². The van der Waals surface area contributed by atoms with Crippen LogP contribution < -0.4 is 0 Å². The van der Waals surface area contributed by atoms with Crippen LogP contribution in [-0.4, -0.2) is 22.3 Å². The van der Waals surface area contributed by atoms with Crippen molar-refractivity contribution in [2.75, 3.05) is 6.54 Å². The van der Waals surface area contributed by atoms with E-state index >= 15 is 0 Å². The van der Waals surface area contributed by atoms with Gasteiger partial charge in [-0.3, -0.25) is 4.79 Å². The van der Waals surface area contributed by atoms with Gasteiger partial charge in [0.15, 0.2) is 0 Å². The third-order valence-corrected chi connectivity index (χ3v) is 6.09. The number of hydrogen-bond donors (Lipinski definition) is 1. The van der Waals surface area contributed by atoms with Gasteiger partial charge in [0, 0.05) is 35.0 Å². The lowest BCUT2D eigenvalue weighted by molar-refractivity contribution is -0.134. The van der Waals surface area contributed by atoms with Crippen LogP contribution in [0.1, 0.15) is 31.0 Å². The lowest BCUT2D eigenvalue weighted by Crippen LogP contribution is -2.50. The van der Waals surface area contributed by atoms with Crippen LogP contribution in [0.4, 0.5) is 0 Å². The molecular weight excluding hydrogens is 272 g/mol. The van der Waals surface area contributed by atoms with Crippen LogP contribution in [0.25, 0.3) is 10.9 Å². The van der Waals surface area contributed by atoms with E-state index in [4.69, 9.17) is 0 Å². The highest BCUT2D eigenvalue weighted by atomic mass is 16.2. The molecule has 3 aliphatic rings. The summed E-state index contributed by atoms with van der Waals surface area (Å²) in [5.41, 5.74) is 3.68. The van der Waals surface area contributed by atoms with Crippen LogP contribution in [0.5, 0.6) is 0 Å². The first-order valence-corrected chi connectivity index (χ1v) is 8.33. The van der Waals surface area contributed by atoms with E-state index in [0.29, 0.717) is 11.8 Å². The molecule has 0 radical (unpaired) electrons. The summed E-state index contributed by atoms with van der Waals surface area (Å²) in [6.45, 7) is 2.92. The number of H-pyrrole nitrogens is 1. The Kier molecular flexibility index (Phi) is 2.29. The number of nitrogens with one attached hydrogen (secondary N) is 1. The Bertz CT molecular complexity index is 818. The zero-order valence-electron chi connectivity index (χ0n) is 12.8. The molecule has 2 aromatic rings. The number of para-hydroxylation sites is 1. The van der Waals surface area contributed by atoms with Gasteiger partial charge in [0.2, 0.25) is 5.91 Å². The van der Waals surface area contributed by atoms with Crippen LogP contribution in [0.3, 0.4) is 0 Å². The first-order valence-electron chi connectivity index (χ1n) is 8.33. The predicted molar refractivity (Wildman–Crippen MR) is 86.4 cm³/mol. The molecule has 3 atom stereocenters. The van der Waals surface area contributed by atoms with Crippen LogP contribution in [-0.2, 0) is 16.8 Å². The lowest BCUT2D eigenvalue weighted by atomic mass is 9.64. The van der Waals surface area contributed by atoms with Crippen molar-refractivity contribution < 1.29 is 4.79 Å². The summed E-state index contributed by atoms with van der Waals surface area (Å²) in [4.78, 5) is 18.6. The highest BCUT2D eigenvalue weighted by Crippen LogP contribution is 2.59. The molecule has 0 spiro atoms. The molecule has 1 aromatic carbocycles. The molecule has 3 heteroatoms. The summed E-state index contributed by atoms with van der Waals surface area (Å²) in [7, 11) is 0. The Morgan fingerprint density at radius 2 is 2.18 bits per heavy atom. The molecule has 22 heavy (non-hydrogen) atoms. The fourth-order valence-corrected chi connectivity index (χ4v) is 5.10. The molecule has 0 unspecified atom stereocenters. The van der Waals surface area contributed by atoms with E-state index in [0.717, 1.165) is 25.8 Å². The number of aromatic amines is 1. The van der Waals surface area contributed by atoms with E-state index in [1.54, 1.807) is 0 Å². The van der Waals surface area contributed by atoms with Gasteiger partial charge in [-0.15, -0.1) is 0 Å². The molecule has 1 amide bonds. The van der Waals surface area contributed by atoms with Gasteiger partial charge in [0.1, 0.15) is 5.54 Å². The van der Waals surface area contributed by atoms with Crippen molar-refractivity contribution in [2.24, 2.45) is 11.8 Å². The number of amides is 1. The molecule has 1 saturated heterocycles. The molecule has 3 heterocycles. The molecule has 0 bridgehead atoms. The van der Waals surface area contributed by atoms with E-state index in [2.05, 4.69) is 53.2 Å². The minimum absolute atomic E-state index is 0.221. The predicted octanol–water partition coefficient (Wildman–Crippen LogP) is 3.36. The first-order chi connectivity index (χ1) is 10.8. The number of allylic oxidation sites excluding steroid dienone is 1. The summed E-state index contributed by atoms with van der Waals surface area (Å²) >= 11 is 0. The fourth-order valence-electron chi connectivity index (χ4n) is 5.10. The van der Waals surface area contributed by atoms with Gasteiger partial charge in [0.05, 0.1) is 0 Å². The third-order valence-electron chi connectivity index (χ3n) is 6.09. The molecular formula is C19H20N2O. The van der Waals surface area contributed by atoms with Crippen LogP contribution in [0.2, 0.25) is 0 Å². The summed E-state index contributed by atoms with van der Waals surface area (Å²) in [5, 5.41) is 1.33. The van der Waals surface area contributed by atoms with Gasteiger partial charge >= 0.3 is 0 Å². The second-order valence-electron chi connectivity index (χ2n) is 6.88. The number of benzene rings is 1. The molecule has 2 aliphatic heterocycles. The maximum Gasteiger partial charge on any atom is 0.227 e. The number of carbonyl (C=O) groups is 1. The van der Waals surface area contributed by atoms with Gasteiger partial charge in [-0.1, -0.05) is 30.4 Å². The highest BCUT2D eigenvalue weighted by Gasteiger charge is 2.63. The van der Waals surface area contributed by atoms with Crippen LogP contribution in [0, 0.1) is 11.8 Å². The number of aromatic nitrogens is 1. The van der Waals surface area contributed by atoms with Crippen molar-refractivity contribution in [3.8, 4) is 0 Å². The minimum atomic E-state index is -0.221. The van der Waals surface area contributed by atoms with E-state index < -0.39 is 0 Å². The Morgan fingerprint density at radius 3 is 2.95 bits per heavy atom. The van der Waals surface area contributed by atoms with Crippen molar-refractivity contribution in [1.29, 1.82) is 0 Å². The maximum absolute atomic E-state index is 12.8. The number of nitrogens with zero attached hydrogens (tertiary/aromatic N) is 1. The normalized spacial score (nSPS) is 33.0. The van der Waals surface area contributed by atoms with Gasteiger partial charge in [-0.2, -0.15) is 0 Å². The Hall–Kier alpha value is -2.03. The Balaban J connectivity index is 1.83. The summed E-state index contributed by atoms with van der Waals surface area (Å²) in [6, 6.07) is 8.54. The average Bonchev–Trinajstić information content (AvgIpc) is 2.92. The molecule has 1 aromatic heterocycles. The molecule has 2 fully saturated rings. The van der Waals surface area contributed by atoms with Gasteiger partial charge in [-0.25, -0.2) is 0 Å². The number of carbonyl (C=O) groups excluding carboxylic acids is 1. The standard InChI is InChI=1S/C19H20N2O/c1-2-10-19-15-8-7-14(15)18(22)21(19)11-9-13-12-5-3-4-6-16(12)20-17(13)19/h2-6,10,14-15,20H,7-9,11H2,1H3/b10-2+/t14-,15+,19+/m1/s1. The fraction of sp³-hybridized carbons (Fsp3) is 0.421. The molecule has 1 saturated carbocycles. The quantitative estimate of drug-likeness (QED) is 0.804. The summed E-state index contributed by atoms with van der Waals surface area (Å²) in [6.07, 6.45) is 7.59. The monoisotopic (exact) mass is 292 g/mol. The van der Waals surface area contributed by atoms with Crippen molar-refractivity contribution in [3.63, 3.8) is 0 Å². The second kappa shape index (κ2) is 4.03. The minimum Gasteiger partial charge on any atom is -0.356 e. The van der Waals surface area contributed by atoms with E-state index in [1.165, 1.54) is 22.2 Å². The van der Waals surface area contributed by atoms with Gasteiger partial charge in [0.25, 0.3) is 0 Å². The van der Waals surface area contributed by atoms with Crippen molar-refractivity contribution in [2.45, 2.75) is 31.7 Å². The molecule has 112 valence electrons. The molecule has 1 aliphatic carbocycles. The highest BCUT2D eigenvalue weighted by molar-refractivity contribution is 5.90. The zero-order valence-corrected chi connectivity index (χ0v) is 12.8. The lowest BCUT2D eigenvalue weighted by Gasteiger charge is -2.45. The zero-order chi connectivity index (χ0) is 14.9. The molecule has 1 N–H and O–H groups in total. The smallest absolute Gasteiger partial charge is 0.227 e. The SMILES string of the molecule is C/C=C/[C@]12c3[nH]c4ccccc4c3CCN1C(=O)[C@@H]1CC[C@@H]12. The number of rotatable bonds is 1. The first kappa shape index (κ1) is 12.5. The largest absolute Gasteiger partial charge is 0.356 e.